The molecular weight excluding hydrogens is 168 g/mol. The summed E-state index contributed by atoms with van der Waals surface area (Å²) in [6.07, 6.45) is 1.70. The van der Waals surface area contributed by atoms with Crippen molar-refractivity contribution in [2.45, 2.75) is 39.7 Å². The van der Waals surface area contributed by atoms with E-state index in [4.69, 9.17) is 9.47 Å². The first kappa shape index (κ1) is 10.5. The zero-order valence-electron chi connectivity index (χ0n) is 8.63. The van der Waals surface area contributed by atoms with Crippen LogP contribution in [0.15, 0.2) is 0 Å². The third-order valence-electron chi connectivity index (χ3n) is 2.89. The summed E-state index contributed by atoms with van der Waals surface area (Å²) in [5.41, 5.74) is -0.379. The Morgan fingerprint density at radius 2 is 2.00 bits per heavy atom. The van der Waals surface area contributed by atoms with Gasteiger partial charge in [-0.25, -0.2) is 0 Å². The Balaban J connectivity index is 2.69. The second-order valence-electron chi connectivity index (χ2n) is 3.41. The first-order valence-electron chi connectivity index (χ1n) is 5.00. The zero-order valence-corrected chi connectivity index (χ0v) is 8.63. The van der Waals surface area contributed by atoms with E-state index in [1.165, 1.54) is 0 Å². The summed E-state index contributed by atoms with van der Waals surface area (Å²) in [5.74, 6) is -0.0949. The molecule has 13 heavy (non-hydrogen) atoms. The summed E-state index contributed by atoms with van der Waals surface area (Å²) in [6.45, 7) is 7.03. The average molecular weight is 186 g/mol. The maximum atomic E-state index is 11.7. The number of hydrogen-bond acceptors (Lipinski definition) is 3. The molecule has 0 aromatic carbocycles. The Hall–Kier alpha value is -0.570. The number of carbonyl (C=O) groups is 1. The third kappa shape index (κ3) is 1.85. The van der Waals surface area contributed by atoms with Crippen LogP contribution in [0, 0.1) is 5.41 Å². The number of ether oxygens (including phenoxy) is 2. The smallest absolute Gasteiger partial charge is 0.314 e. The number of epoxide rings is 1. The molecule has 0 aliphatic carbocycles. The minimum atomic E-state index is -0.379. The van der Waals surface area contributed by atoms with Crippen LogP contribution in [-0.4, -0.2) is 25.3 Å². The molecule has 0 aromatic rings. The molecule has 3 nitrogen and oxygen atoms in total. The molecule has 1 rings (SSSR count). The Labute approximate surface area is 79.4 Å². The molecule has 0 N–H and O–H groups in total. The van der Waals surface area contributed by atoms with Gasteiger partial charge >= 0.3 is 5.97 Å². The summed E-state index contributed by atoms with van der Waals surface area (Å²) in [6, 6.07) is 0. The fourth-order valence-corrected chi connectivity index (χ4v) is 1.77. The van der Waals surface area contributed by atoms with Gasteiger partial charge in [0.2, 0.25) is 0 Å². The number of hydrogen-bond donors (Lipinski definition) is 0. The lowest BCUT2D eigenvalue weighted by Gasteiger charge is -2.26. The fraction of sp³-hybridized carbons (Fsp3) is 0.900. The molecule has 1 saturated heterocycles. The maximum Gasteiger partial charge on any atom is 0.314 e. The first-order valence-corrected chi connectivity index (χ1v) is 5.00. The highest BCUT2D eigenvalue weighted by Crippen LogP contribution is 2.40. The van der Waals surface area contributed by atoms with Gasteiger partial charge in [0.15, 0.2) is 0 Å². The molecule has 1 fully saturated rings. The van der Waals surface area contributed by atoms with Gasteiger partial charge in [-0.3, -0.25) is 4.79 Å². The second-order valence-corrected chi connectivity index (χ2v) is 3.41. The van der Waals surface area contributed by atoms with E-state index in [9.17, 15) is 4.79 Å². The lowest BCUT2D eigenvalue weighted by atomic mass is 9.79. The topological polar surface area (TPSA) is 38.8 Å². The molecule has 0 radical (unpaired) electrons. The quantitative estimate of drug-likeness (QED) is 0.485. The highest BCUT2D eigenvalue weighted by molar-refractivity contribution is 5.78. The van der Waals surface area contributed by atoms with Gasteiger partial charge in [-0.15, -0.1) is 0 Å². The number of rotatable bonds is 5. The molecular formula is C10H18O3. The van der Waals surface area contributed by atoms with Gasteiger partial charge in [-0.05, 0) is 19.8 Å². The van der Waals surface area contributed by atoms with Crippen LogP contribution < -0.4 is 0 Å². The fourth-order valence-electron chi connectivity index (χ4n) is 1.77. The van der Waals surface area contributed by atoms with Crippen molar-refractivity contribution in [3.8, 4) is 0 Å². The van der Waals surface area contributed by atoms with Gasteiger partial charge in [0.25, 0.3) is 0 Å². The molecule has 0 aromatic heterocycles. The SMILES string of the molecule is CCOC(=O)C(CC)(CC)[C@H]1CO1. The normalized spacial score (nSPS) is 21.3. The highest BCUT2D eigenvalue weighted by atomic mass is 16.6. The third-order valence-corrected chi connectivity index (χ3v) is 2.89. The number of carbonyl (C=O) groups excluding carboxylic acids is 1. The van der Waals surface area contributed by atoms with E-state index in [2.05, 4.69) is 0 Å². The summed E-state index contributed by atoms with van der Waals surface area (Å²) in [4.78, 5) is 11.7. The van der Waals surface area contributed by atoms with Crippen LogP contribution >= 0.6 is 0 Å². The largest absolute Gasteiger partial charge is 0.465 e. The van der Waals surface area contributed by atoms with E-state index in [0.29, 0.717) is 13.2 Å². The summed E-state index contributed by atoms with van der Waals surface area (Å²) < 4.78 is 10.3. The molecule has 1 atom stereocenters. The Bertz CT molecular complexity index is 181. The van der Waals surface area contributed by atoms with E-state index < -0.39 is 0 Å². The highest BCUT2D eigenvalue weighted by Gasteiger charge is 2.51. The number of esters is 1. The van der Waals surface area contributed by atoms with Gasteiger partial charge in [-0.2, -0.15) is 0 Å². The van der Waals surface area contributed by atoms with Crippen LogP contribution in [0.2, 0.25) is 0 Å². The van der Waals surface area contributed by atoms with E-state index in [0.717, 1.165) is 12.8 Å². The van der Waals surface area contributed by atoms with Crippen molar-refractivity contribution in [2.75, 3.05) is 13.2 Å². The lowest BCUT2D eigenvalue weighted by molar-refractivity contribution is -0.157. The molecule has 0 spiro atoms. The van der Waals surface area contributed by atoms with Gasteiger partial charge < -0.3 is 9.47 Å². The molecule has 76 valence electrons. The van der Waals surface area contributed by atoms with Crippen LogP contribution in [0.3, 0.4) is 0 Å². The van der Waals surface area contributed by atoms with Crippen molar-refractivity contribution < 1.29 is 14.3 Å². The van der Waals surface area contributed by atoms with E-state index in [1.807, 2.05) is 20.8 Å². The van der Waals surface area contributed by atoms with Gasteiger partial charge in [-0.1, -0.05) is 13.8 Å². The minimum absolute atomic E-state index is 0.0949. The first-order chi connectivity index (χ1) is 6.21. The van der Waals surface area contributed by atoms with Crippen molar-refractivity contribution in [1.29, 1.82) is 0 Å². The monoisotopic (exact) mass is 186 g/mol. The molecule has 0 bridgehead atoms. The van der Waals surface area contributed by atoms with Crippen LogP contribution in [0.1, 0.15) is 33.6 Å². The zero-order chi connectivity index (χ0) is 9.90. The van der Waals surface area contributed by atoms with Crippen LogP contribution in [0.4, 0.5) is 0 Å². The average Bonchev–Trinajstić information content (AvgIpc) is 2.92. The van der Waals surface area contributed by atoms with Gasteiger partial charge in [0.1, 0.15) is 0 Å². The molecule has 0 unspecified atom stereocenters. The van der Waals surface area contributed by atoms with Gasteiger partial charge in [0, 0.05) is 0 Å². The van der Waals surface area contributed by atoms with Crippen LogP contribution in [0.25, 0.3) is 0 Å². The van der Waals surface area contributed by atoms with Crippen molar-refractivity contribution in [2.24, 2.45) is 5.41 Å². The van der Waals surface area contributed by atoms with Crippen LogP contribution in [-0.2, 0) is 14.3 Å². The molecule has 1 heterocycles. The molecule has 3 heteroatoms. The maximum absolute atomic E-state index is 11.7. The summed E-state index contributed by atoms with van der Waals surface area (Å²) in [7, 11) is 0. The van der Waals surface area contributed by atoms with Crippen molar-refractivity contribution in [1.82, 2.24) is 0 Å². The Kier molecular flexibility index (Phi) is 3.31. The Morgan fingerprint density at radius 1 is 1.46 bits per heavy atom. The predicted octanol–water partition coefficient (Wildman–Crippen LogP) is 1.75. The van der Waals surface area contributed by atoms with E-state index >= 15 is 0 Å². The van der Waals surface area contributed by atoms with E-state index in [-0.39, 0.29) is 17.5 Å². The van der Waals surface area contributed by atoms with E-state index in [1.54, 1.807) is 0 Å². The molecule has 1 aliphatic heterocycles. The lowest BCUT2D eigenvalue weighted by Crippen LogP contribution is -2.37. The minimum Gasteiger partial charge on any atom is -0.465 e. The molecule has 1 aliphatic rings. The van der Waals surface area contributed by atoms with Crippen molar-refractivity contribution in [3.63, 3.8) is 0 Å². The van der Waals surface area contributed by atoms with Crippen LogP contribution in [0.5, 0.6) is 0 Å². The summed E-state index contributed by atoms with van der Waals surface area (Å²) >= 11 is 0. The summed E-state index contributed by atoms with van der Waals surface area (Å²) in [5, 5.41) is 0. The predicted molar refractivity (Wildman–Crippen MR) is 49.4 cm³/mol. The van der Waals surface area contributed by atoms with Crippen molar-refractivity contribution >= 4 is 5.97 Å². The van der Waals surface area contributed by atoms with Crippen molar-refractivity contribution in [3.05, 3.63) is 0 Å². The van der Waals surface area contributed by atoms with Gasteiger partial charge in [0.05, 0.1) is 24.7 Å². The molecule has 0 saturated carbocycles. The standard InChI is InChI=1S/C10H18O3/c1-4-10(5-2,8-7-13-8)9(11)12-6-3/h8H,4-7H2,1-3H3/t8-/m1/s1. The second kappa shape index (κ2) is 4.09. The Morgan fingerprint density at radius 3 is 2.31 bits per heavy atom. The molecule has 0 amide bonds.